The predicted molar refractivity (Wildman–Crippen MR) is 107 cm³/mol. The van der Waals surface area contributed by atoms with Crippen molar-refractivity contribution in [3.05, 3.63) is 17.5 Å². The number of nitrogens with zero attached hydrogens (tertiary/aromatic N) is 2. The number of hydrogen-bond donors (Lipinski definition) is 2. The molecule has 2 rings (SSSR count). The van der Waals surface area contributed by atoms with Gasteiger partial charge < -0.3 is 19.9 Å². The van der Waals surface area contributed by atoms with E-state index in [1.165, 1.54) is 0 Å². The Morgan fingerprint density at radius 3 is 2.62 bits per heavy atom. The second-order valence-electron chi connectivity index (χ2n) is 6.89. The normalized spacial score (nSPS) is 25.6. The molecular weight excluding hydrogens is 419 g/mol. The summed E-state index contributed by atoms with van der Waals surface area (Å²) in [6, 6.07) is 2.29. The molecule has 1 aromatic rings. The Morgan fingerprint density at radius 1 is 1.42 bits per heavy atom. The van der Waals surface area contributed by atoms with Crippen LogP contribution in [0.3, 0.4) is 0 Å². The second kappa shape index (κ2) is 8.51. The lowest BCUT2D eigenvalue weighted by Crippen LogP contribution is -2.69. The zero-order valence-electron chi connectivity index (χ0n) is 15.6. The number of aryl methyl sites for hydroxylation is 1. The molecule has 2 unspecified atom stereocenters. The molecule has 1 fully saturated rings. The highest BCUT2D eigenvalue weighted by Crippen LogP contribution is 2.51. The van der Waals surface area contributed by atoms with Crippen molar-refractivity contribution < 1.29 is 9.26 Å². The van der Waals surface area contributed by atoms with Crippen molar-refractivity contribution in [2.75, 3.05) is 13.7 Å². The Morgan fingerprint density at radius 2 is 2.12 bits per heavy atom. The van der Waals surface area contributed by atoms with Crippen LogP contribution in [-0.4, -0.2) is 36.4 Å². The summed E-state index contributed by atoms with van der Waals surface area (Å²) < 4.78 is 11.0. The third kappa shape index (κ3) is 4.22. The van der Waals surface area contributed by atoms with Crippen LogP contribution >= 0.6 is 24.0 Å². The van der Waals surface area contributed by atoms with E-state index in [-0.39, 0.29) is 35.0 Å². The average Bonchev–Trinajstić information content (AvgIpc) is 3.00. The molecule has 1 aliphatic carbocycles. The average molecular weight is 450 g/mol. The first-order valence-electron chi connectivity index (χ1n) is 8.40. The van der Waals surface area contributed by atoms with E-state index in [9.17, 15) is 0 Å². The third-order valence-electron chi connectivity index (χ3n) is 5.30. The first kappa shape index (κ1) is 21.2. The fourth-order valence-electron chi connectivity index (χ4n) is 2.96. The largest absolute Gasteiger partial charge is 0.378 e. The van der Waals surface area contributed by atoms with Crippen LogP contribution < -0.4 is 10.6 Å². The maximum absolute atomic E-state index is 5.68. The van der Waals surface area contributed by atoms with Crippen LogP contribution in [0, 0.1) is 5.41 Å². The molecule has 24 heavy (non-hydrogen) atoms. The highest BCUT2D eigenvalue weighted by atomic mass is 127. The van der Waals surface area contributed by atoms with Crippen LogP contribution in [-0.2, 0) is 17.7 Å². The number of methoxy groups -OCH3 is 1. The topological polar surface area (TPSA) is 71.7 Å². The number of ether oxygens (including phenoxy) is 1. The van der Waals surface area contributed by atoms with E-state index >= 15 is 0 Å². The Kier molecular flexibility index (Phi) is 7.52. The third-order valence-corrected chi connectivity index (χ3v) is 5.30. The van der Waals surface area contributed by atoms with Gasteiger partial charge in [-0.05, 0) is 26.7 Å². The zero-order valence-corrected chi connectivity index (χ0v) is 17.9. The summed E-state index contributed by atoms with van der Waals surface area (Å²) in [4.78, 5) is 4.61. The van der Waals surface area contributed by atoms with E-state index in [2.05, 4.69) is 55.4 Å². The van der Waals surface area contributed by atoms with Crippen LogP contribution in [0.5, 0.6) is 0 Å². The van der Waals surface area contributed by atoms with Crippen molar-refractivity contribution in [1.29, 1.82) is 0 Å². The minimum atomic E-state index is -0.0943. The Balaban J connectivity index is 0.00000288. The van der Waals surface area contributed by atoms with E-state index in [0.717, 1.165) is 36.8 Å². The summed E-state index contributed by atoms with van der Waals surface area (Å²) in [6.45, 7) is 12.0. The lowest BCUT2D eigenvalue weighted by Gasteiger charge is -2.59. The van der Waals surface area contributed by atoms with Crippen molar-refractivity contribution in [2.45, 2.75) is 65.6 Å². The smallest absolute Gasteiger partial charge is 0.191 e. The molecular formula is C17H31IN4O2. The molecule has 0 aromatic carbocycles. The van der Waals surface area contributed by atoms with Gasteiger partial charge in [0.25, 0.3) is 0 Å². The van der Waals surface area contributed by atoms with Gasteiger partial charge in [0.1, 0.15) is 6.54 Å². The summed E-state index contributed by atoms with van der Waals surface area (Å²) in [5.41, 5.74) is 0.909. The van der Waals surface area contributed by atoms with Gasteiger partial charge in [0.15, 0.2) is 11.7 Å². The Bertz CT molecular complexity index is 559. The van der Waals surface area contributed by atoms with Gasteiger partial charge >= 0.3 is 0 Å². The predicted octanol–water partition coefficient (Wildman–Crippen LogP) is 3.11. The molecule has 7 heteroatoms. The summed E-state index contributed by atoms with van der Waals surface area (Å²) in [7, 11) is 1.78. The van der Waals surface area contributed by atoms with Crippen LogP contribution in [0.1, 0.15) is 52.5 Å². The molecule has 2 atom stereocenters. The quantitative estimate of drug-likeness (QED) is 0.396. The van der Waals surface area contributed by atoms with Crippen molar-refractivity contribution in [3.63, 3.8) is 0 Å². The highest BCUT2D eigenvalue weighted by Gasteiger charge is 2.58. The standard InChI is InChI=1S/C17H30N4O2.HI/c1-7-12-9-13(23-21-12)11-19-15(18-8-2)20-14-10-17(5,22-6)16(14,3)4;/h9,14H,7-8,10-11H2,1-6H3,(H2,18,19,20);1H. The lowest BCUT2D eigenvalue weighted by atomic mass is 9.56. The van der Waals surface area contributed by atoms with Crippen molar-refractivity contribution in [2.24, 2.45) is 10.4 Å². The Labute approximate surface area is 162 Å². The first-order valence-corrected chi connectivity index (χ1v) is 8.40. The molecule has 0 aliphatic heterocycles. The molecule has 138 valence electrons. The fraction of sp³-hybridized carbons (Fsp3) is 0.765. The van der Waals surface area contributed by atoms with Gasteiger partial charge in [-0.25, -0.2) is 4.99 Å². The van der Waals surface area contributed by atoms with Gasteiger partial charge in [0, 0.05) is 31.2 Å². The SMILES string of the molecule is CCNC(=NCc1cc(CC)no1)NC1CC(C)(OC)C1(C)C.I. The highest BCUT2D eigenvalue weighted by molar-refractivity contribution is 14.0. The summed E-state index contributed by atoms with van der Waals surface area (Å²) >= 11 is 0. The van der Waals surface area contributed by atoms with Crippen LogP contribution in [0.25, 0.3) is 0 Å². The van der Waals surface area contributed by atoms with Gasteiger partial charge in [-0.2, -0.15) is 0 Å². The number of aliphatic imine (C=N–C) groups is 1. The number of guanidine groups is 1. The van der Waals surface area contributed by atoms with Crippen molar-refractivity contribution in [3.8, 4) is 0 Å². The van der Waals surface area contributed by atoms with Crippen LogP contribution in [0.2, 0.25) is 0 Å². The molecule has 1 aromatic heterocycles. The van der Waals surface area contributed by atoms with Gasteiger partial charge in [-0.3, -0.25) is 0 Å². The first-order chi connectivity index (χ1) is 10.9. The maximum atomic E-state index is 5.68. The minimum absolute atomic E-state index is 0. The van der Waals surface area contributed by atoms with Gasteiger partial charge in [-0.1, -0.05) is 25.9 Å². The van der Waals surface area contributed by atoms with E-state index in [1.54, 1.807) is 7.11 Å². The zero-order chi connectivity index (χ0) is 17.1. The van der Waals surface area contributed by atoms with E-state index in [4.69, 9.17) is 9.26 Å². The number of rotatable bonds is 6. The summed E-state index contributed by atoms with van der Waals surface area (Å²) in [6.07, 6.45) is 1.83. The number of aromatic nitrogens is 1. The van der Waals surface area contributed by atoms with Gasteiger partial charge in [-0.15, -0.1) is 24.0 Å². The van der Waals surface area contributed by atoms with E-state index in [0.29, 0.717) is 12.6 Å². The molecule has 1 heterocycles. The molecule has 0 amide bonds. The van der Waals surface area contributed by atoms with E-state index < -0.39 is 0 Å². The monoisotopic (exact) mass is 450 g/mol. The molecule has 2 N–H and O–H groups in total. The van der Waals surface area contributed by atoms with Crippen LogP contribution in [0.4, 0.5) is 0 Å². The number of halogens is 1. The molecule has 1 saturated carbocycles. The second-order valence-corrected chi connectivity index (χ2v) is 6.89. The molecule has 0 saturated heterocycles. The van der Waals surface area contributed by atoms with Crippen molar-refractivity contribution >= 4 is 29.9 Å². The molecule has 0 radical (unpaired) electrons. The summed E-state index contributed by atoms with van der Waals surface area (Å²) in [5.74, 6) is 1.59. The van der Waals surface area contributed by atoms with E-state index in [1.807, 2.05) is 6.07 Å². The molecule has 0 spiro atoms. The maximum Gasteiger partial charge on any atom is 0.191 e. The lowest BCUT2D eigenvalue weighted by molar-refractivity contribution is -0.176. The van der Waals surface area contributed by atoms with Gasteiger partial charge in [0.05, 0.1) is 11.3 Å². The van der Waals surface area contributed by atoms with Gasteiger partial charge in [0.2, 0.25) is 0 Å². The molecule has 1 aliphatic rings. The van der Waals surface area contributed by atoms with Crippen molar-refractivity contribution in [1.82, 2.24) is 15.8 Å². The Hall–Kier alpha value is -0.830. The summed E-state index contributed by atoms with van der Waals surface area (Å²) in [5, 5.41) is 10.8. The van der Waals surface area contributed by atoms with Crippen LogP contribution in [0.15, 0.2) is 15.6 Å². The minimum Gasteiger partial charge on any atom is -0.378 e. The molecule has 0 bridgehead atoms. The molecule has 6 nitrogen and oxygen atoms in total. The number of nitrogens with one attached hydrogen (secondary N) is 2. The number of hydrogen-bond acceptors (Lipinski definition) is 4. The fourth-order valence-corrected chi connectivity index (χ4v) is 2.96.